The number of aliphatic hydroxyl groups excluding tert-OH is 1. The molecule has 8 nitrogen and oxygen atoms in total. The first-order valence-electron chi connectivity index (χ1n) is 21.8. The highest BCUT2D eigenvalue weighted by Crippen LogP contribution is 2.43. The van der Waals surface area contributed by atoms with Crippen LogP contribution >= 0.6 is 7.82 Å². The molecule has 0 spiro atoms. The topological polar surface area (TPSA) is 105 Å². The zero-order chi connectivity index (χ0) is 40.7. The van der Waals surface area contributed by atoms with E-state index in [2.05, 4.69) is 79.9 Å². The minimum atomic E-state index is -4.35. The number of amides is 1. The molecule has 0 saturated heterocycles. The Labute approximate surface area is 338 Å². The van der Waals surface area contributed by atoms with Crippen molar-refractivity contribution in [2.75, 3.05) is 40.9 Å². The van der Waals surface area contributed by atoms with E-state index < -0.39 is 20.0 Å². The molecule has 9 heteroatoms. The van der Waals surface area contributed by atoms with Gasteiger partial charge in [-0.1, -0.05) is 157 Å². The molecule has 0 heterocycles. The Morgan fingerprint density at radius 2 is 1.11 bits per heavy atom. The van der Waals surface area contributed by atoms with Gasteiger partial charge in [0.1, 0.15) is 13.2 Å². The zero-order valence-electron chi connectivity index (χ0n) is 35.9. The molecule has 0 aliphatic heterocycles. The molecule has 0 saturated carbocycles. The Bertz CT molecular complexity index is 1120. The first-order valence-corrected chi connectivity index (χ1v) is 23.3. The highest BCUT2D eigenvalue weighted by atomic mass is 31.2. The molecule has 0 aromatic heterocycles. The summed E-state index contributed by atoms with van der Waals surface area (Å²) in [6.07, 6.45) is 49.7. The number of allylic oxidation sites excluding steroid dienone is 11. The number of nitrogens with zero attached hydrogens (tertiary/aromatic N) is 1. The SMILES string of the molecule is CC/C=C\C/C=C\C/C=C\C/C=C\CCCCCCCCCCC(=O)NC(COP(=O)(O)OCC[N+](C)(C)C)C(O)/C=C/CC/C=C/CCCCCCCC. The lowest BCUT2D eigenvalue weighted by Crippen LogP contribution is -2.45. The summed E-state index contributed by atoms with van der Waals surface area (Å²) in [6, 6.07) is -0.869. The molecule has 1 amide bonds. The number of phosphoric ester groups is 1. The average molecular weight is 792 g/mol. The van der Waals surface area contributed by atoms with Gasteiger partial charge >= 0.3 is 7.82 Å². The summed E-state index contributed by atoms with van der Waals surface area (Å²) < 4.78 is 23.5. The number of likely N-dealkylation sites (N-methyl/N-ethyl adjacent to an activating group) is 1. The van der Waals surface area contributed by atoms with Crippen molar-refractivity contribution < 1.29 is 32.9 Å². The van der Waals surface area contributed by atoms with Crippen LogP contribution in [0.4, 0.5) is 0 Å². The predicted octanol–water partition coefficient (Wildman–Crippen LogP) is 12.0. The predicted molar refractivity (Wildman–Crippen MR) is 235 cm³/mol. The van der Waals surface area contributed by atoms with E-state index in [4.69, 9.17) is 9.05 Å². The molecular weight excluding hydrogens is 707 g/mol. The second-order valence-corrected chi connectivity index (χ2v) is 17.1. The molecular formula is C46H84N2O6P+. The van der Waals surface area contributed by atoms with Gasteiger partial charge in [-0.3, -0.25) is 13.8 Å². The van der Waals surface area contributed by atoms with Crippen LogP contribution in [0, 0.1) is 0 Å². The summed E-state index contributed by atoms with van der Waals surface area (Å²) in [4.78, 5) is 23.1. The second kappa shape index (κ2) is 37.5. The van der Waals surface area contributed by atoms with E-state index in [0.717, 1.165) is 70.6 Å². The molecule has 3 N–H and O–H groups in total. The first kappa shape index (κ1) is 52.9. The normalized spacial score (nSPS) is 15.1. The standard InChI is InChI=1S/C46H83N2O6P/c1-6-8-10-12-14-16-18-20-21-22-23-24-25-26-27-28-30-32-34-36-38-40-46(50)47-44(43-54-55(51,52)53-42-41-48(3,4)5)45(49)39-37-35-33-31-29-19-17-15-13-11-9-7-2/h8,10,14,16,20-21,23-24,29,31,37,39,44-45,49H,6-7,9,11-13,15,17-19,22,25-28,30,32-36,38,40-43H2,1-5H3,(H-,47,50,51,52)/p+1/b10-8-,16-14-,21-20-,24-23-,31-29+,39-37+. The lowest BCUT2D eigenvalue weighted by molar-refractivity contribution is -0.870. The van der Waals surface area contributed by atoms with E-state index in [1.54, 1.807) is 6.08 Å². The van der Waals surface area contributed by atoms with Gasteiger partial charge in [-0.15, -0.1) is 0 Å². The molecule has 318 valence electrons. The number of carbonyl (C=O) groups is 1. The highest BCUT2D eigenvalue weighted by molar-refractivity contribution is 7.47. The van der Waals surface area contributed by atoms with E-state index in [-0.39, 0.29) is 19.1 Å². The molecule has 0 aliphatic carbocycles. The van der Waals surface area contributed by atoms with Crippen LogP contribution in [0.1, 0.15) is 162 Å². The molecule has 0 aliphatic rings. The number of nitrogens with one attached hydrogen (secondary N) is 1. The Kier molecular flexibility index (Phi) is 36.1. The van der Waals surface area contributed by atoms with E-state index in [1.165, 1.54) is 70.6 Å². The van der Waals surface area contributed by atoms with Crippen LogP contribution in [0.15, 0.2) is 72.9 Å². The van der Waals surface area contributed by atoms with E-state index in [0.29, 0.717) is 17.4 Å². The average Bonchev–Trinajstić information content (AvgIpc) is 3.13. The number of quaternary nitrogens is 1. The van der Waals surface area contributed by atoms with Crippen LogP contribution in [0.5, 0.6) is 0 Å². The Morgan fingerprint density at radius 1 is 0.636 bits per heavy atom. The molecule has 3 atom stereocenters. The number of hydrogen-bond donors (Lipinski definition) is 3. The molecule has 0 aromatic carbocycles. The van der Waals surface area contributed by atoms with Gasteiger partial charge < -0.3 is 19.8 Å². The van der Waals surface area contributed by atoms with Crippen LogP contribution in [0.3, 0.4) is 0 Å². The first-order chi connectivity index (χ1) is 26.5. The Balaban J connectivity index is 4.43. The second-order valence-electron chi connectivity index (χ2n) is 15.7. The summed E-state index contributed by atoms with van der Waals surface area (Å²) >= 11 is 0. The fourth-order valence-corrected chi connectivity index (χ4v) is 6.43. The number of unbranched alkanes of at least 4 members (excludes halogenated alkanes) is 15. The largest absolute Gasteiger partial charge is 0.472 e. The third-order valence-corrected chi connectivity index (χ3v) is 10.1. The molecule has 55 heavy (non-hydrogen) atoms. The van der Waals surface area contributed by atoms with Gasteiger partial charge in [-0.05, 0) is 70.6 Å². The smallest absolute Gasteiger partial charge is 0.387 e. The van der Waals surface area contributed by atoms with Gasteiger partial charge in [0.2, 0.25) is 5.91 Å². The highest BCUT2D eigenvalue weighted by Gasteiger charge is 2.27. The van der Waals surface area contributed by atoms with Crippen molar-refractivity contribution in [3.05, 3.63) is 72.9 Å². The Morgan fingerprint density at radius 3 is 1.67 bits per heavy atom. The van der Waals surface area contributed by atoms with Crippen LogP contribution in [-0.2, 0) is 18.4 Å². The molecule has 0 radical (unpaired) electrons. The van der Waals surface area contributed by atoms with Gasteiger partial charge in [0, 0.05) is 6.42 Å². The van der Waals surface area contributed by atoms with Crippen molar-refractivity contribution in [3.8, 4) is 0 Å². The van der Waals surface area contributed by atoms with Gasteiger partial charge in [0.05, 0.1) is 39.9 Å². The zero-order valence-corrected chi connectivity index (χ0v) is 36.8. The fourth-order valence-electron chi connectivity index (χ4n) is 5.69. The summed E-state index contributed by atoms with van der Waals surface area (Å²) in [7, 11) is 1.53. The number of aliphatic hydroxyl groups is 1. The minimum Gasteiger partial charge on any atom is -0.387 e. The number of carbonyl (C=O) groups excluding carboxylic acids is 1. The monoisotopic (exact) mass is 792 g/mol. The Hall–Kier alpha value is -2.06. The van der Waals surface area contributed by atoms with Gasteiger partial charge in [-0.2, -0.15) is 0 Å². The molecule has 0 aromatic rings. The third-order valence-electron chi connectivity index (χ3n) is 9.16. The molecule has 0 rings (SSSR count). The van der Waals surface area contributed by atoms with Crippen LogP contribution < -0.4 is 5.32 Å². The summed E-state index contributed by atoms with van der Waals surface area (Å²) in [5.74, 6) is -0.201. The molecule has 0 bridgehead atoms. The van der Waals surface area contributed by atoms with Crippen molar-refractivity contribution in [1.82, 2.24) is 5.32 Å². The van der Waals surface area contributed by atoms with Crippen LogP contribution in [0.2, 0.25) is 0 Å². The van der Waals surface area contributed by atoms with Crippen LogP contribution in [0.25, 0.3) is 0 Å². The summed E-state index contributed by atoms with van der Waals surface area (Å²) in [6.45, 7) is 4.63. The number of hydrogen-bond acceptors (Lipinski definition) is 5. The van der Waals surface area contributed by atoms with E-state index in [9.17, 15) is 19.4 Å². The van der Waals surface area contributed by atoms with Crippen molar-refractivity contribution in [2.24, 2.45) is 0 Å². The van der Waals surface area contributed by atoms with E-state index in [1.807, 2.05) is 27.2 Å². The summed E-state index contributed by atoms with van der Waals surface area (Å²) in [5, 5.41) is 13.8. The maximum Gasteiger partial charge on any atom is 0.472 e. The molecule has 3 unspecified atom stereocenters. The van der Waals surface area contributed by atoms with Crippen molar-refractivity contribution in [3.63, 3.8) is 0 Å². The molecule has 0 fully saturated rings. The third kappa shape index (κ3) is 40.0. The van der Waals surface area contributed by atoms with Crippen LogP contribution in [-0.4, -0.2) is 73.4 Å². The van der Waals surface area contributed by atoms with E-state index >= 15 is 0 Å². The summed E-state index contributed by atoms with van der Waals surface area (Å²) in [5.41, 5.74) is 0. The van der Waals surface area contributed by atoms with Gasteiger partial charge in [0.15, 0.2) is 0 Å². The lowest BCUT2D eigenvalue weighted by atomic mass is 10.1. The fraction of sp³-hybridized carbons (Fsp3) is 0.717. The number of phosphoric acid groups is 1. The number of rotatable bonds is 38. The van der Waals surface area contributed by atoms with Crippen molar-refractivity contribution >= 4 is 13.7 Å². The van der Waals surface area contributed by atoms with Crippen molar-refractivity contribution in [1.29, 1.82) is 0 Å². The lowest BCUT2D eigenvalue weighted by Gasteiger charge is -2.25. The minimum absolute atomic E-state index is 0.0508. The van der Waals surface area contributed by atoms with Crippen molar-refractivity contribution in [2.45, 2.75) is 174 Å². The quantitative estimate of drug-likeness (QED) is 0.0249. The van der Waals surface area contributed by atoms with Gasteiger partial charge in [-0.25, -0.2) is 4.57 Å². The maximum absolute atomic E-state index is 12.9. The van der Waals surface area contributed by atoms with Gasteiger partial charge in [0.25, 0.3) is 0 Å². The maximum atomic E-state index is 12.9.